The number of benzene rings is 1. The second kappa shape index (κ2) is 5.15. The zero-order chi connectivity index (χ0) is 14.1. The van der Waals surface area contributed by atoms with Gasteiger partial charge in [-0.3, -0.25) is 15.6 Å². The summed E-state index contributed by atoms with van der Waals surface area (Å²) in [6.07, 6.45) is 0.426. The predicted molar refractivity (Wildman–Crippen MR) is 81.1 cm³/mol. The molecule has 3 N–H and O–H groups in total. The molecule has 1 aliphatic carbocycles. The van der Waals surface area contributed by atoms with E-state index < -0.39 is 9.75 Å². The Morgan fingerprint density at radius 2 is 1.84 bits per heavy atom. The Hall–Kier alpha value is -1.04. The normalized spacial score (nSPS) is 23.3. The van der Waals surface area contributed by atoms with E-state index in [1.165, 1.54) is 0 Å². The van der Waals surface area contributed by atoms with Gasteiger partial charge in [0.25, 0.3) is 0 Å². The van der Waals surface area contributed by atoms with Gasteiger partial charge < -0.3 is 5.32 Å². The predicted octanol–water partition coefficient (Wildman–Crippen LogP) is 2.59. The largest absolute Gasteiger partial charge is 0.331 e. The van der Waals surface area contributed by atoms with Gasteiger partial charge in [0.1, 0.15) is 4.33 Å². The van der Waals surface area contributed by atoms with Crippen molar-refractivity contribution in [1.29, 1.82) is 0 Å². The first-order chi connectivity index (χ1) is 8.85. The molecule has 0 unspecified atom stereocenters. The fourth-order valence-electron chi connectivity index (χ4n) is 1.58. The summed E-state index contributed by atoms with van der Waals surface area (Å²) >= 11 is 16.9. The summed E-state index contributed by atoms with van der Waals surface area (Å²) in [6.45, 7) is 1.71. The van der Waals surface area contributed by atoms with Crippen LogP contribution in [-0.4, -0.2) is 15.4 Å². The Balaban J connectivity index is 1.80. The number of hydrogen-bond donors (Lipinski definition) is 3. The highest BCUT2D eigenvalue weighted by Gasteiger charge is 2.68. The maximum absolute atomic E-state index is 11.9. The fourth-order valence-corrected chi connectivity index (χ4v) is 2.46. The van der Waals surface area contributed by atoms with Crippen molar-refractivity contribution in [3.63, 3.8) is 0 Å². The van der Waals surface area contributed by atoms with Crippen LogP contribution in [0, 0.1) is 5.41 Å². The van der Waals surface area contributed by atoms with Crippen LogP contribution >= 0.6 is 35.4 Å². The second-order valence-corrected chi connectivity index (χ2v) is 6.50. The van der Waals surface area contributed by atoms with Gasteiger partial charge in [-0.25, -0.2) is 0 Å². The van der Waals surface area contributed by atoms with E-state index in [4.69, 9.17) is 35.4 Å². The number of alkyl halides is 2. The molecule has 0 aliphatic heterocycles. The van der Waals surface area contributed by atoms with Gasteiger partial charge in [0.15, 0.2) is 5.11 Å². The molecular weight excluding hydrogens is 305 g/mol. The van der Waals surface area contributed by atoms with Gasteiger partial charge >= 0.3 is 0 Å². The van der Waals surface area contributed by atoms with Crippen molar-refractivity contribution in [3.8, 4) is 0 Å². The standard InChI is InChI=1S/C12H13Cl2N3OS/c1-11(7-12(11,13)14)9(18)16-17-10(19)15-8-5-3-2-4-6-8/h2-6H,7H2,1H3,(H,16,18)(H2,15,17,19)/t11-/m0/s1. The number of halogens is 2. The Bertz CT molecular complexity index is 509. The molecule has 0 bridgehead atoms. The van der Waals surface area contributed by atoms with Gasteiger partial charge in [0.05, 0.1) is 5.41 Å². The highest BCUT2D eigenvalue weighted by Crippen LogP contribution is 2.63. The van der Waals surface area contributed by atoms with Crippen molar-refractivity contribution < 1.29 is 4.79 Å². The molecule has 4 nitrogen and oxygen atoms in total. The number of amides is 1. The molecule has 0 aromatic heterocycles. The van der Waals surface area contributed by atoms with E-state index in [0.717, 1.165) is 5.69 Å². The smallest absolute Gasteiger partial charge is 0.247 e. The van der Waals surface area contributed by atoms with Crippen molar-refractivity contribution >= 4 is 52.1 Å². The number of thiocarbonyl (C=S) groups is 1. The van der Waals surface area contributed by atoms with Crippen LogP contribution in [0.2, 0.25) is 0 Å². The van der Waals surface area contributed by atoms with Gasteiger partial charge in [-0.05, 0) is 37.7 Å². The van der Waals surface area contributed by atoms with Gasteiger partial charge in [-0.1, -0.05) is 18.2 Å². The number of nitrogens with one attached hydrogen (secondary N) is 3. The van der Waals surface area contributed by atoms with E-state index in [2.05, 4.69) is 16.2 Å². The van der Waals surface area contributed by atoms with Gasteiger partial charge in [-0.15, -0.1) is 23.2 Å². The van der Waals surface area contributed by atoms with Crippen molar-refractivity contribution in [2.45, 2.75) is 17.7 Å². The molecule has 1 amide bonds. The summed E-state index contributed by atoms with van der Waals surface area (Å²) in [7, 11) is 0. The first kappa shape index (κ1) is 14.4. The fraction of sp³-hybridized carbons (Fsp3) is 0.333. The molecule has 0 saturated heterocycles. The van der Waals surface area contributed by atoms with Crippen LogP contribution in [0.25, 0.3) is 0 Å². The monoisotopic (exact) mass is 317 g/mol. The van der Waals surface area contributed by atoms with E-state index in [-0.39, 0.29) is 5.91 Å². The third kappa shape index (κ3) is 3.11. The number of rotatable bonds is 2. The van der Waals surface area contributed by atoms with Gasteiger partial charge in [-0.2, -0.15) is 0 Å². The van der Waals surface area contributed by atoms with E-state index in [1.807, 2.05) is 30.3 Å². The minimum absolute atomic E-state index is 0.283. The molecular formula is C12H13Cl2N3OS. The molecule has 0 spiro atoms. The molecule has 1 saturated carbocycles. The first-order valence-electron chi connectivity index (χ1n) is 5.65. The third-order valence-corrected chi connectivity index (χ3v) is 4.39. The number of anilines is 1. The quantitative estimate of drug-likeness (QED) is 0.446. The number of carbonyl (C=O) groups is 1. The first-order valence-corrected chi connectivity index (χ1v) is 6.82. The molecule has 1 aliphatic rings. The Labute approximate surface area is 126 Å². The molecule has 102 valence electrons. The highest BCUT2D eigenvalue weighted by atomic mass is 35.5. The minimum atomic E-state index is -0.993. The lowest BCUT2D eigenvalue weighted by Crippen LogP contribution is -2.47. The summed E-state index contributed by atoms with van der Waals surface area (Å²) in [5, 5.41) is 3.22. The second-order valence-electron chi connectivity index (χ2n) is 4.61. The molecule has 0 radical (unpaired) electrons. The molecule has 1 aromatic rings. The van der Waals surface area contributed by atoms with E-state index in [1.54, 1.807) is 6.92 Å². The van der Waals surface area contributed by atoms with Crippen LogP contribution in [0.1, 0.15) is 13.3 Å². The molecule has 1 atom stereocenters. The third-order valence-electron chi connectivity index (χ3n) is 3.08. The van der Waals surface area contributed by atoms with Crippen LogP contribution in [-0.2, 0) is 4.79 Å². The maximum Gasteiger partial charge on any atom is 0.247 e. The lowest BCUT2D eigenvalue weighted by atomic mass is 10.1. The molecule has 0 heterocycles. The van der Waals surface area contributed by atoms with E-state index in [0.29, 0.717) is 11.5 Å². The van der Waals surface area contributed by atoms with Crippen molar-refractivity contribution in [3.05, 3.63) is 30.3 Å². The molecule has 1 aromatic carbocycles. The number of carbonyl (C=O) groups excluding carboxylic acids is 1. The van der Waals surface area contributed by atoms with Crippen molar-refractivity contribution in [2.75, 3.05) is 5.32 Å². The van der Waals surface area contributed by atoms with Crippen molar-refractivity contribution in [2.24, 2.45) is 5.41 Å². The van der Waals surface area contributed by atoms with Crippen LogP contribution in [0.15, 0.2) is 30.3 Å². The Morgan fingerprint density at radius 3 is 2.37 bits per heavy atom. The lowest BCUT2D eigenvalue weighted by molar-refractivity contribution is -0.126. The molecule has 7 heteroatoms. The highest BCUT2D eigenvalue weighted by molar-refractivity contribution is 7.80. The molecule has 1 fully saturated rings. The van der Waals surface area contributed by atoms with Crippen LogP contribution < -0.4 is 16.2 Å². The number of para-hydroxylation sites is 1. The van der Waals surface area contributed by atoms with Gasteiger partial charge in [0, 0.05) is 5.69 Å². The zero-order valence-corrected chi connectivity index (χ0v) is 12.5. The summed E-state index contributed by atoms with van der Waals surface area (Å²) in [5.74, 6) is -0.283. The average molecular weight is 318 g/mol. The van der Waals surface area contributed by atoms with E-state index in [9.17, 15) is 4.79 Å². The Morgan fingerprint density at radius 1 is 1.26 bits per heavy atom. The topological polar surface area (TPSA) is 53.2 Å². The van der Waals surface area contributed by atoms with E-state index >= 15 is 0 Å². The summed E-state index contributed by atoms with van der Waals surface area (Å²) in [6, 6.07) is 9.38. The molecule has 19 heavy (non-hydrogen) atoms. The maximum atomic E-state index is 11.9. The SMILES string of the molecule is C[C@@]1(C(=O)NNC(=S)Nc2ccccc2)CC1(Cl)Cl. The average Bonchev–Trinajstić information content (AvgIpc) is 2.88. The van der Waals surface area contributed by atoms with Crippen molar-refractivity contribution in [1.82, 2.24) is 10.9 Å². The van der Waals surface area contributed by atoms with Crippen LogP contribution in [0.5, 0.6) is 0 Å². The molecule has 2 rings (SSSR count). The van der Waals surface area contributed by atoms with Gasteiger partial charge in [0.2, 0.25) is 5.91 Å². The summed E-state index contributed by atoms with van der Waals surface area (Å²) in [4.78, 5) is 11.9. The Kier molecular flexibility index (Phi) is 3.90. The number of hydrazine groups is 1. The lowest BCUT2D eigenvalue weighted by Gasteiger charge is -2.15. The summed E-state index contributed by atoms with van der Waals surface area (Å²) in [5.41, 5.74) is 5.18. The summed E-state index contributed by atoms with van der Waals surface area (Å²) < 4.78 is -0.993. The van der Waals surface area contributed by atoms with Crippen LogP contribution in [0.4, 0.5) is 5.69 Å². The van der Waals surface area contributed by atoms with Crippen LogP contribution in [0.3, 0.4) is 0 Å². The zero-order valence-electron chi connectivity index (χ0n) is 10.2. The number of hydrogen-bond acceptors (Lipinski definition) is 2. The minimum Gasteiger partial charge on any atom is -0.331 e.